The Bertz CT molecular complexity index is 1010. The first kappa shape index (κ1) is 20.4. The zero-order valence-electron chi connectivity index (χ0n) is 15.9. The first-order chi connectivity index (χ1) is 13.8. The van der Waals surface area contributed by atoms with Crippen LogP contribution in [0.5, 0.6) is 5.75 Å². The highest BCUT2D eigenvalue weighted by molar-refractivity contribution is 5.88. The van der Waals surface area contributed by atoms with Gasteiger partial charge in [-0.25, -0.2) is 4.79 Å². The summed E-state index contributed by atoms with van der Waals surface area (Å²) in [4.78, 5) is 46.0. The third kappa shape index (κ3) is 4.92. The number of nitrogens with one attached hydrogen (secondary N) is 2. The number of carbonyl (C=O) groups is 3. The second kappa shape index (κ2) is 8.76. The van der Waals surface area contributed by atoms with Crippen LogP contribution in [0.2, 0.25) is 0 Å². The fraction of sp³-hybridized carbons (Fsp3) is 0.400. The van der Waals surface area contributed by atoms with Crippen molar-refractivity contribution in [3.05, 3.63) is 39.7 Å². The van der Waals surface area contributed by atoms with E-state index in [1.54, 1.807) is 12.1 Å². The van der Waals surface area contributed by atoms with E-state index in [1.807, 2.05) is 6.07 Å². The van der Waals surface area contributed by atoms with E-state index in [-0.39, 0.29) is 5.63 Å². The van der Waals surface area contributed by atoms with E-state index in [0.717, 1.165) is 42.2 Å². The van der Waals surface area contributed by atoms with Gasteiger partial charge in [0.1, 0.15) is 11.3 Å². The Morgan fingerprint density at radius 2 is 1.86 bits per heavy atom. The maximum Gasteiger partial charge on any atom is 0.339 e. The molecule has 3 rings (SSSR count). The van der Waals surface area contributed by atoms with Crippen LogP contribution < -0.4 is 26.1 Å². The monoisotopic (exact) mass is 401 g/mol. The number of carboxylic acid groups (broad SMARTS) is 1. The molecule has 2 amide bonds. The molecular formula is C20H21N2O7-. The second-order valence-electron chi connectivity index (χ2n) is 6.84. The van der Waals surface area contributed by atoms with Crippen LogP contribution in [0.4, 0.5) is 0 Å². The number of aryl methyl sites for hydroxylation is 1. The summed E-state index contributed by atoms with van der Waals surface area (Å²) in [7, 11) is 0. The largest absolute Gasteiger partial charge is 0.548 e. The molecule has 9 nitrogen and oxygen atoms in total. The Labute approximate surface area is 166 Å². The van der Waals surface area contributed by atoms with Gasteiger partial charge in [0.15, 0.2) is 6.10 Å². The highest BCUT2D eigenvalue weighted by Gasteiger charge is 2.20. The Morgan fingerprint density at radius 3 is 2.59 bits per heavy atom. The van der Waals surface area contributed by atoms with Gasteiger partial charge in [-0.15, -0.1) is 0 Å². The number of ether oxygens (including phenoxy) is 1. The van der Waals surface area contributed by atoms with Gasteiger partial charge >= 0.3 is 5.63 Å². The lowest BCUT2D eigenvalue weighted by Gasteiger charge is -2.17. The van der Waals surface area contributed by atoms with E-state index in [9.17, 15) is 24.3 Å². The van der Waals surface area contributed by atoms with Crippen molar-refractivity contribution in [2.75, 3.05) is 13.1 Å². The minimum Gasteiger partial charge on any atom is -0.548 e. The summed E-state index contributed by atoms with van der Waals surface area (Å²) < 4.78 is 11.0. The van der Waals surface area contributed by atoms with Crippen molar-refractivity contribution >= 4 is 28.8 Å². The van der Waals surface area contributed by atoms with Crippen LogP contribution in [0.1, 0.15) is 30.9 Å². The molecular weight excluding hydrogens is 380 g/mol. The molecule has 1 aromatic heterocycles. The standard InChI is InChI=1S/C20H22N2O7/c1-11(19(26)22-9-17(23)21-10-18(24)25)28-12-6-7-14-13-4-2-3-5-15(13)20(27)29-16(14)8-12/h6-8,11H,2-5,9-10H2,1H3,(H,21,23)(H,22,26)(H,24,25)/p-1/t11-/m0/s1. The number of fused-ring (bicyclic) bond motifs is 3. The van der Waals surface area contributed by atoms with Crippen molar-refractivity contribution in [2.45, 2.75) is 38.7 Å². The highest BCUT2D eigenvalue weighted by Crippen LogP contribution is 2.29. The van der Waals surface area contributed by atoms with E-state index >= 15 is 0 Å². The Balaban J connectivity index is 1.65. The van der Waals surface area contributed by atoms with Crippen molar-refractivity contribution in [2.24, 2.45) is 0 Å². The molecule has 0 unspecified atom stereocenters. The van der Waals surface area contributed by atoms with Crippen LogP contribution in [-0.4, -0.2) is 37.0 Å². The predicted octanol–water partition coefficient (Wildman–Crippen LogP) is -0.579. The third-order valence-electron chi connectivity index (χ3n) is 4.73. The SMILES string of the molecule is C[C@H](Oc1ccc2c3c(c(=O)oc2c1)CCCC3)C(=O)NCC(=O)NCC(=O)[O-]. The van der Waals surface area contributed by atoms with Crippen LogP contribution in [0, 0.1) is 0 Å². The molecule has 29 heavy (non-hydrogen) atoms. The van der Waals surface area contributed by atoms with Crippen molar-refractivity contribution in [3.63, 3.8) is 0 Å². The van der Waals surface area contributed by atoms with Gasteiger partial charge in [-0.1, -0.05) is 0 Å². The summed E-state index contributed by atoms with van der Waals surface area (Å²) in [6.45, 7) is 0.479. The molecule has 1 aromatic carbocycles. The van der Waals surface area contributed by atoms with Gasteiger partial charge in [0, 0.05) is 17.0 Å². The lowest BCUT2D eigenvalue weighted by atomic mass is 9.91. The maximum absolute atomic E-state index is 12.2. The average molecular weight is 401 g/mol. The summed E-state index contributed by atoms with van der Waals surface area (Å²) in [5, 5.41) is 15.6. The first-order valence-electron chi connectivity index (χ1n) is 9.34. The summed E-state index contributed by atoms with van der Waals surface area (Å²) in [5.74, 6) is -2.29. The van der Waals surface area contributed by atoms with E-state index in [4.69, 9.17) is 9.15 Å². The zero-order chi connectivity index (χ0) is 21.0. The predicted molar refractivity (Wildman–Crippen MR) is 100 cm³/mol. The number of benzene rings is 1. The topological polar surface area (TPSA) is 138 Å². The molecule has 154 valence electrons. The molecule has 0 saturated carbocycles. The van der Waals surface area contributed by atoms with E-state index in [0.29, 0.717) is 11.3 Å². The normalized spacial score (nSPS) is 14.0. The van der Waals surface area contributed by atoms with Gasteiger partial charge in [-0.3, -0.25) is 9.59 Å². The maximum atomic E-state index is 12.2. The third-order valence-corrected chi connectivity index (χ3v) is 4.73. The van der Waals surface area contributed by atoms with Gasteiger partial charge in [0.2, 0.25) is 5.91 Å². The van der Waals surface area contributed by atoms with Gasteiger partial charge in [-0.05, 0) is 50.3 Å². The lowest BCUT2D eigenvalue weighted by Crippen LogP contribution is -2.45. The van der Waals surface area contributed by atoms with Crippen LogP contribution in [-0.2, 0) is 27.2 Å². The molecule has 0 fully saturated rings. The Kier molecular flexibility index (Phi) is 6.16. The zero-order valence-corrected chi connectivity index (χ0v) is 15.9. The van der Waals surface area contributed by atoms with Crippen LogP contribution >= 0.6 is 0 Å². The molecule has 2 aromatic rings. The fourth-order valence-corrected chi connectivity index (χ4v) is 3.30. The molecule has 2 N–H and O–H groups in total. The van der Waals surface area contributed by atoms with E-state index in [2.05, 4.69) is 10.6 Å². The van der Waals surface area contributed by atoms with Crippen molar-refractivity contribution in [1.29, 1.82) is 0 Å². The molecule has 1 aliphatic rings. The first-order valence-corrected chi connectivity index (χ1v) is 9.34. The lowest BCUT2D eigenvalue weighted by molar-refractivity contribution is -0.304. The van der Waals surface area contributed by atoms with Gasteiger partial charge in [0.25, 0.3) is 5.91 Å². The number of hydrogen-bond donors (Lipinski definition) is 2. The summed E-state index contributed by atoms with van der Waals surface area (Å²) in [5.41, 5.74) is 1.82. The van der Waals surface area contributed by atoms with Gasteiger partial charge in [-0.2, -0.15) is 0 Å². The molecule has 0 aliphatic heterocycles. The minimum atomic E-state index is -1.43. The molecule has 0 bridgehead atoms. The number of rotatable bonds is 7. The van der Waals surface area contributed by atoms with Crippen molar-refractivity contribution < 1.29 is 28.6 Å². The van der Waals surface area contributed by atoms with Crippen LogP contribution in [0.3, 0.4) is 0 Å². The van der Waals surface area contributed by atoms with Crippen molar-refractivity contribution in [1.82, 2.24) is 10.6 Å². The molecule has 0 saturated heterocycles. The van der Waals surface area contributed by atoms with Gasteiger partial charge in [0.05, 0.1) is 19.1 Å². The molecule has 1 heterocycles. The highest BCUT2D eigenvalue weighted by atomic mass is 16.5. The number of carbonyl (C=O) groups excluding carboxylic acids is 3. The average Bonchev–Trinajstić information content (AvgIpc) is 2.70. The molecule has 9 heteroatoms. The van der Waals surface area contributed by atoms with Crippen LogP contribution in [0.15, 0.2) is 27.4 Å². The molecule has 1 atom stereocenters. The molecule has 1 aliphatic carbocycles. The summed E-state index contributed by atoms with van der Waals surface area (Å²) >= 11 is 0. The second-order valence-corrected chi connectivity index (χ2v) is 6.84. The van der Waals surface area contributed by atoms with Crippen molar-refractivity contribution in [3.8, 4) is 5.75 Å². The number of carboxylic acids is 1. The number of amides is 2. The van der Waals surface area contributed by atoms with E-state index < -0.39 is 37.0 Å². The molecule has 0 radical (unpaired) electrons. The summed E-state index contributed by atoms with van der Waals surface area (Å²) in [6.07, 6.45) is 2.63. The number of aliphatic carboxylic acids is 1. The Hall–Kier alpha value is -3.36. The summed E-state index contributed by atoms with van der Waals surface area (Å²) in [6, 6.07) is 5.09. The smallest absolute Gasteiger partial charge is 0.339 e. The minimum absolute atomic E-state index is 0.335. The van der Waals surface area contributed by atoms with Gasteiger partial charge < -0.3 is 29.7 Å². The Morgan fingerprint density at radius 1 is 1.14 bits per heavy atom. The quantitative estimate of drug-likeness (QED) is 0.592. The van der Waals surface area contributed by atoms with Crippen LogP contribution in [0.25, 0.3) is 11.0 Å². The van der Waals surface area contributed by atoms with E-state index in [1.165, 1.54) is 6.92 Å². The fourth-order valence-electron chi connectivity index (χ4n) is 3.30. The molecule has 0 spiro atoms. The number of hydrogen-bond acceptors (Lipinski definition) is 7.